The van der Waals surface area contributed by atoms with Crippen LogP contribution in [0, 0.1) is 0 Å². The summed E-state index contributed by atoms with van der Waals surface area (Å²) < 4.78 is 42.2. The van der Waals surface area contributed by atoms with Crippen molar-refractivity contribution in [3.8, 4) is 5.88 Å². The zero-order valence-electron chi connectivity index (χ0n) is 9.82. The van der Waals surface area contributed by atoms with Crippen LogP contribution in [0.5, 0.6) is 5.88 Å². The van der Waals surface area contributed by atoms with Gasteiger partial charge in [0.1, 0.15) is 11.1 Å². The molecular weight excluding hydrogens is 322 g/mol. The van der Waals surface area contributed by atoms with E-state index in [1.54, 1.807) is 0 Å². The highest BCUT2D eigenvalue weighted by Gasteiger charge is 2.45. The molecule has 110 valence electrons. The van der Waals surface area contributed by atoms with Crippen LogP contribution in [-0.2, 0) is 4.79 Å². The molecule has 2 rings (SSSR count). The average molecular weight is 330 g/mol. The number of halogens is 5. The Kier molecular flexibility index (Phi) is 4.24. The Hall–Kier alpha value is -1.28. The Labute approximate surface area is 121 Å². The van der Waals surface area contributed by atoms with Crippen LogP contribution in [0.15, 0.2) is 6.20 Å². The molecule has 0 radical (unpaired) electrons. The molecule has 0 spiro atoms. The number of hydrogen-bond donors (Lipinski definition) is 0. The number of aromatic nitrogens is 2. The Morgan fingerprint density at radius 2 is 2.15 bits per heavy atom. The number of amides is 1. The molecule has 0 aliphatic carbocycles. The van der Waals surface area contributed by atoms with E-state index in [9.17, 15) is 18.0 Å². The Balaban J connectivity index is 2.00. The number of alkyl halides is 3. The van der Waals surface area contributed by atoms with Gasteiger partial charge in [0.25, 0.3) is 0 Å². The summed E-state index contributed by atoms with van der Waals surface area (Å²) in [5.41, 5.74) is 0. The summed E-state index contributed by atoms with van der Waals surface area (Å²) in [6, 6.07) is 0. The molecule has 0 aromatic carbocycles. The number of ether oxygens (including phenoxy) is 1. The molecule has 10 heteroatoms. The van der Waals surface area contributed by atoms with Gasteiger partial charge < -0.3 is 9.64 Å². The molecule has 1 atom stereocenters. The molecule has 0 bridgehead atoms. The van der Waals surface area contributed by atoms with Crippen LogP contribution >= 0.6 is 23.2 Å². The molecule has 1 aromatic rings. The number of hydrogen-bond acceptors (Lipinski definition) is 4. The van der Waals surface area contributed by atoms with Gasteiger partial charge in [-0.25, -0.2) is 4.98 Å². The SMILES string of the molecule is O=C(N1CC[C@@H](Oc2nc(Cl)ncc2Cl)C1)C(F)(F)F. The van der Waals surface area contributed by atoms with Crippen LogP contribution in [0.2, 0.25) is 10.3 Å². The van der Waals surface area contributed by atoms with Crippen molar-refractivity contribution < 1.29 is 22.7 Å². The van der Waals surface area contributed by atoms with Crippen LogP contribution in [0.4, 0.5) is 13.2 Å². The highest BCUT2D eigenvalue weighted by molar-refractivity contribution is 6.32. The smallest absolute Gasteiger partial charge is 0.471 e. The first-order valence-corrected chi connectivity index (χ1v) is 6.24. The van der Waals surface area contributed by atoms with Gasteiger partial charge in [0, 0.05) is 13.0 Å². The van der Waals surface area contributed by atoms with E-state index in [0.29, 0.717) is 4.90 Å². The summed E-state index contributed by atoms with van der Waals surface area (Å²) in [5, 5.41) is 0.000573. The van der Waals surface area contributed by atoms with Crippen LogP contribution in [0.1, 0.15) is 6.42 Å². The van der Waals surface area contributed by atoms with Crippen molar-refractivity contribution in [3.63, 3.8) is 0 Å². The first-order chi connectivity index (χ1) is 9.27. The molecule has 0 N–H and O–H groups in total. The van der Waals surface area contributed by atoms with Crippen LogP contribution in [0.3, 0.4) is 0 Å². The van der Waals surface area contributed by atoms with Gasteiger partial charge in [0.05, 0.1) is 12.7 Å². The fourth-order valence-corrected chi connectivity index (χ4v) is 2.02. The van der Waals surface area contributed by atoms with E-state index in [4.69, 9.17) is 27.9 Å². The van der Waals surface area contributed by atoms with E-state index in [0.717, 1.165) is 0 Å². The maximum atomic E-state index is 12.3. The second-order valence-electron chi connectivity index (χ2n) is 4.07. The number of likely N-dealkylation sites (tertiary alicyclic amines) is 1. The third-order valence-electron chi connectivity index (χ3n) is 2.64. The third kappa shape index (κ3) is 3.43. The minimum Gasteiger partial charge on any atom is -0.471 e. The second-order valence-corrected chi connectivity index (χ2v) is 4.81. The van der Waals surface area contributed by atoms with Crippen molar-refractivity contribution in [1.82, 2.24) is 14.9 Å². The minimum atomic E-state index is -4.88. The topological polar surface area (TPSA) is 55.3 Å². The number of carbonyl (C=O) groups is 1. The largest absolute Gasteiger partial charge is 0.471 e. The van der Waals surface area contributed by atoms with Crippen molar-refractivity contribution in [2.75, 3.05) is 13.1 Å². The van der Waals surface area contributed by atoms with Gasteiger partial charge in [-0.1, -0.05) is 11.6 Å². The van der Waals surface area contributed by atoms with Gasteiger partial charge in [0.2, 0.25) is 11.2 Å². The molecule has 0 unspecified atom stereocenters. The predicted molar refractivity (Wildman–Crippen MR) is 63.7 cm³/mol. The summed E-state index contributed by atoms with van der Waals surface area (Å²) in [6.45, 7) is -0.226. The fraction of sp³-hybridized carbons (Fsp3) is 0.500. The average Bonchev–Trinajstić information content (AvgIpc) is 2.80. The van der Waals surface area contributed by atoms with E-state index in [2.05, 4.69) is 9.97 Å². The van der Waals surface area contributed by atoms with E-state index in [1.165, 1.54) is 6.20 Å². The first kappa shape index (κ1) is 15.1. The molecule has 20 heavy (non-hydrogen) atoms. The number of carbonyl (C=O) groups excluding carboxylic acids is 1. The second kappa shape index (κ2) is 5.61. The molecule has 1 saturated heterocycles. The monoisotopic (exact) mass is 329 g/mol. The summed E-state index contributed by atoms with van der Waals surface area (Å²) in [5.74, 6) is -1.90. The zero-order valence-corrected chi connectivity index (χ0v) is 11.3. The van der Waals surface area contributed by atoms with Crippen LogP contribution in [0.25, 0.3) is 0 Å². The van der Waals surface area contributed by atoms with Crippen molar-refractivity contribution in [2.45, 2.75) is 18.7 Å². The highest BCUT2D eigenvalue weighted by atomic mass is 35.5. The lowest BCUT2D eigenvalue weighted by molar-refractivity contribution is -0.184. The lowest BCUT2D eigenvalue weighted by Crippen LogP contribution is -2.40. The third-order valence-corrected chi connectivity index (χ3v) is 3.08. The van der Waals surface area contributed by atoms with Crippen LogP contribution < -0.4 is 4.74 Å². The predicted octanol–water partition coefficient (Wildman–Crippen LogP) is 2.33. The van der Waals surface area contributed by atoms with Gasteiger partial charge in [-0.05, 0) is 11.6 Å². The van der Waals surface area contributed by atoms with Gasteiger partial charge in [-0.3, -0.25) is 4.79 Å². The molecule has 1 aliphatic heterocycles. The van der Waals surface area contributed by atoms with Crippen molar-refractivity contribution in [1.29, 1.82) is 0 Å². The molecule has 1 aromatic heterocycles. The van der Waals surface area contributed by atoms with E-state index >= 15 is 0 Å². The molecule has 1 aliphatic rings. The molecule has 2 heterocycles. The molecule has 0 saturated carbocycles. The number of nitrogens with zero attached hydrogens (tertiary/aromatic N) is 3. The normalized spacial score (nSPS) is 19.2. The lowest BCUT2D eigenvalue weighted by atomic mass is 10.3. The standard InChI is InChI=1S/C10H8Cl2F3N3O2/c11-6-3-16-9(12)17-7(6)20-5-1-2-18(4-5)8(19)10(13,14)15/h3,5H,1-2,4H2/t5-/m1/s1. The Morgan fingerprint density at radius 1 is 1.45 bits per heavy atom. The number of rotatable bonds is 2. The molecular formula is C10H8Cl2F3N3O2. The Morgan fingerprint density at radius 3 is 2.80 bits per heavy atom. The maximum absolute atomic E-state index is 12.3. The summed E-state index contributed by atoms with van der Waals surface area (Å²) >= 11 is 11.3. The van der Waals surface area contributed by atoms with Gasteiger partial charge in [-0.2, -0.15) is 18.2 Å². The Bertz CT molecular complexity index is 527. The summed E-state index contributed by atoms with van der Waals surface area (Å²) in [4.78, 5) is 19.1. The quantitative estimate of drug-likeness (QED) is 0.781. The van der Waals surface area contributed by atoms with Gasteiger partial charge >= 0.3 is 12.1 Å². The molecule has 5 nitrogen and oxygen atoms in total. The van der Waals surface area contributed by atoms with Gasteiger partial charge in [-0.15, -0.1) is 0 Å². The maximum Gasteiger partial charge on any atom is 0.471 e. The van der Waals surface area contributed by atoms with E-state index in [-0.39, 0.29) is 35.7 Å². The summed E-state index contributed by atoms with van der Waals surface area (Å²) in [7, 11) is 0. The molecule has 1 amide bonds. The van der Waals surface area contributed by atoms with Crippen molar-refractivity contribution in [2.24, 2.45) is 0 Å². The van der Waals surface area contributed by atoms with E-state index < -0.39 is 18.2 Å². The first-order valence-electron chi connectivity index (χ1n) is 5.48. The van der Waals surface area contributed by atoms with E-state index in [1.807, 2.05) is 0 Å². The van der Waals surface area contributed by atoms with Gasteiger partial charge in [0.15, 0.2) is 0 Å². The lowest BCUT2D eigenvalue weighted by Gasteiger charge is -2.18. The fourth-order valence-electron chi connectivity index (χ4n) is 1.76. The highest BCUT2D eigenvalue weighted by Crippen LogP contribution is 2.27. The molecule has 1 fully saturated rings. The minimum absolute atomic E-state index is 0.0158. The van der Waals surface area contributed by atoms with Crippen molar-refractivity contribution >= 4 is 29.1 Å². The summed E-state index contributed by atoms with van der Waals surface area (Å²) in [6.07, 6.45) is -4.03. The van der Waals surface area contributed by atoms with Crippen molar-refractivity contribution in [3.05, 3.63) is 16.5 Å². The van der Waals surface area contributed by atoms with Crippen LogP contribution in [-0.4, -0.2) is 46.1 Å². The zero-order chi connectivity index (χ0) is 14.9.